The normalized spacial score (nSPS) is 10.9. The van der Waals surface area contributed by atoms with Crippen LogP contribution in [0.4, 0.5) is 0 Å². The maximum atomic E-state index is 9.43. The molecule has 0 saturated carbocycles. The Morgan fingerprint density at radius 3 is 1.58 bits per heavy atom. The van der Waals surface area contributed by atoms with Crippen molar-refractivity contribution in [1.29, 1.82) is 0 Å². The molecule has 0 bridgehead atoms. The van der Waals surface area contributed by atoms with E-state index in [-0.39, 0.29) is 27.5 Å². The fourth-order valence-corrected chi connectivity index (χ4v) is 2.58. The van der Waals surface area contributed by atoms with Crippen LogP contribution in [0.1, 0.15) is 17.0 Å². The van der Waals surface area contributed by atoms with Crippen LogP contribution < -0.4 is 0 Å². The molecular formula is C14H11Cl3O2. The highest BCUT2D eigenvalue weighted by molar-refractivity contribution is 6.32. The Labute approximate surface area is 126 Å². The van der Waals surface area contributed by atoms with Gasteiger partial charge in [-0.05, 0) is 35.4 Å². The molecule has 19 heavy (non-hydrogen) atoms. The van der Waals surface area contributed by atoms with Crippen LogP contribution in [0.5, 0.6) is 11.5 Å². The smallest absolute Gasteiger partial charge is 0.134 e. The highest BCUT2D eigenvalue weighted by Gasteiger charge is 2.15. The maximum Gasteiger partial charge on any atom is 0.134 e. The van der Waals surface area contributed by atoms with Crippen molar-refractivity contribution in [3.8, 4) is 11.5 Å². The molecule has 0 radical (unpaired) electrons. The minimum absolute atomic E-state index is 0.0301. The number of phenolic OH excluding ortho intramolecular Hbond substituents is 2. The van der Waals surface area contributed by atoms with E-state index in [4.69, 9.17) is 34.8 Å². The van der Waals surface area contributed by atoms with E-state index < -0.39 is 0 Å². The average Bonchev–Trinajstić information content (AvgIpc) is 2.39. The number of benzene rings is 2. The maximum absolute atomic E-state index is 9.43. The minimum atomic E-state index is -0.113. The molecule has 100 valence electrons. The van der Waals surface area contributed by atoms with Gasteiger partial charge in [0.05, 0.1) is 10.0 Å². The van der Waals surface area contributed by atoms with E-state index in [0.717, 1.165) is 11.1 Å². The Morgan fingerprint density at radius 2 is 1.26 bits per heavy atom. The fraction of sp³-hybridized carbons (Fsp3) is 0.143. The van der Waals surface area contributed by atoms with Crippen molar-refractivity contribution in [3.63, 3.8) is 0 Å². The minimum Gasteiger partial charge on any atom is -0.506 e. The van der Waals surface area contributed by atoms with Crippen molar-refractivity contribution in [2.45, 2.75) is 5.92 Å². The molecule has 0 saturated heterocycles. The van der Waals surface area contributed by atoms with Gasteiger partial charge in [0.25, 0.3) is 0 Å². The summed E-state index contributed by atoms with van der Waals surface area (Å²) in [7, 11) is 0. The Hall–Kier alpha value is -1.09. The van der Waals surface area contributed by atoms with Crippen molar-refractivity contribution >= 4 is 34.8 Å². The molecule has 0 aliphatic carbocycles. The van der Waals surface area contributed by atoms with E-state index >= 15 is 0 Å². The summed E-state index contributed by atoms with van der Waals surface area (Å²) in [6.45, 7) is 0. The van der Waals surface area contributed by atoms with Crippen LogP contribution in [0.25, 0.3) is 0 Å². The van der Waals surface area contributed by atoms with Crippen LogP contribution in [-0.4, -0.2) is 16.1 Å². The molecule has 0 heterocycles. The largest absolute Gasteiger partial charge is 0.506 e. The topological polar surface area (TPSA) is 40.5 Å². The van der Waals surface area contributed by atoms with Crippen LogP contribution in [-0.2, 0) is 0 Å². The molecule has 2 N–H and O–H groups in total. The van der Waals surface area contributed by atoms with Gasteiger partial charge in [0.2, 0.25) is 0 Å². The predicted molar refractivity (Wildman–Crippen MR) is 78.8 cm³/mol. The molecule has 2 nitrogen and oxygen atoms in total. The Morgan fingerprint density at radius 1 is 0.842 bits per heavy atom. The lowest BCUT2D eigenvalue weighted by molar-refractivity contribution is 0.475. The number of alkyl halides is 1. The lowest BCUT2D eigenvalue weighted by Gasteiger charge is -2.16. The van der Waals surface area contributed by atoms with Crippen LogP contribution in [0.15, 0.2) is 36.4 Å². The number of phenols is 2. The third-order valence-corrected chi connectivity index (χ3v) is 3.82. The van der Waals surface area contributed by atoms with E-state index in [9.17, 15) is 10.2 Å². The van der Waals surface area contributed by atoms with E-state index in [1.807, 2.05) is 0 Å². The van der Waals surface area contributed by atoms with Gasteiger partial charge < -0.3 is 10.2 Å². The Kier molecular flexibility index (Phi) is 4.46. The standard InChI is InChI=1S/C14H11Cl3O2/c15-7-10(8-1-3-13(18)11(16)5-8)9-2-4-14(19)12(17)6-9/h1-6,10,18-19H,7H2. The van der Waals surface area contributed by atoms with Gasteiger partial charge in [-0.15, -0.1) is 11.6 Å². The van der Waals surface area contributed by atoms with Gasteiger partial charge in [0, 0.05) is 11.8 Å². The molecule has 0 aliphatic rings. The van der Waals surface area contributed by atoms with Crippen molar-refractivity contribution in [2.75, 3.05) is 5.88 Å². The third kappa shape index (κ3) is 3.08. The van der Waals surface area contributed by atoms with Crippen molar-refractivity contribution < 1.29 is 10.2 Å². The summed E-state index contributed by atoms with van der Waals surface area (Å²) in [6, 6.07) is 9.91. The SMILES string of the molecule is Oc1ccc(C(CCl)c2ccc(O)c(Cl)c2)cc1Cl. The van der Waals surface area contributed by atoms with Gasteiger partial charge in [-0.2, -0.15) is 0 Å². The Bertz CT molecular complexity index is 548. The molecule has 0 atom stereocenters. The zero-order valence-electron chi connectivity index (χ0n) is 9.78. The van der Waals surface area contributed by atoms with Gasteiger partial charge in [-0.1, -0.05) is 35.3 Å². The molecule has 2 aromatic rings. The summed E-state index contributed by atoms with van der Waals surface area (Å²) >= 11 is 17.8. The zero-order valence-corrected chi connectivity index (χ0v) is 12.0. The molecule has 0 spiro atoms. The second-order valence-electron chi connectivity index (χ2n) is 4.13. The first-order valence-electron chi connectivity index (χ1n) is 5.55. The fourth-order valence-electron chi connectivity index (χ4n) is 1.85. The van der Waals surface area contributed by atoms with Crippen LogP contribution in [0.3, 0.4) is 0 Å². The second kappa shape index (κ2) is 5.91. The quantitative estimate of drug-likeness (QED) is 0.800. The van der Waals surface area contributed by atoms with Crippen LogP contribution in [0, 0.1) is 0 Å². The summed E-state index contributed by atoms with van der Waals surface area (Å²) in [6.07, 6.45) is 0. The van der Waals surface area contributed by atoms with Gasteiger partial charge in [0.1, 0.15) is 11.5 Å². The summed E-state index contributed by atoms with van der Waals surface area (Å²) in [4.78, 5) is 0. The van der Waals surface area contributed by atoms with E-state index in [0.29, 0.717) is 5.88 Å². The highest BCUT2D eigenvalue weighted by atomic mass is 35.5. The first kappa shape index (κ1) is 14.3. The summed E-state index contributed by atoms with van der Waals surface area (Å²) in [5.74, 6) is 0.283. The molecule has 5 heteroatoms. The molecule has 0 aromatic heterocycles. The van der Waals surface area contributed by atoms with Crippen LogP contribution in [0.2, 0.25) is 10.0 Å². The summed E-state index contributed by atoms with van der Waals surface area (Å²) in [5.41, 5.74) is 1.75. The van der Waals surface area contributed by atoms with E-state index in [2.05, 4.69) is 0 Å². The zero-order chi connectivity index (χ0) is 14.0. The molecular weight excluding hydrogens is 307 g/mol. The predicted octanol–water partition coefficient (Wildman–Crippen LogP) is 4.78. The first-order chi connectivity index (χ1) is 9.02. The third-order valence-electron chi connectivity index (χ3n) is 2.90. The number of halogens is 3. The molecule has 2 aromatic carbocycles. The number of hydrogen-bond donors (Lipinski definition) is 2. The summed E-state index contributed by atoms with van der Waals surface area (Å²) < 4.78 is 0. The second-order valence-corrected chi connectivity index (χ2v) is 5.25. The van der Waals surface area contributed by atoms with Crippen molar-refractivity contribution in [3.05, 3.63) is 57.6 Å². The lowest BCUT2D eigenvalue weighted by atomic mass is 9.93. The van der Waals surface area contributed by atoms with E-state index in [1.54, 1.807) is 24.3 Å². The van der Waals surface area contributed by atoms with Gasteiger partial charge in [-0.25, -0.2) is 0 Å². The lowest BCUT2D eigenvalue weighted by Crippen LogP contribution is -2.02. The molecule has 2 rings (SSSR count). The van der Waals surface area contributed by atoms with Crippen molar-refractivity contribution in [1.82, 2.24) is 0 Å². The van der Waals surface area contributed by atoms with Gasteiger partial charge >= 0.3 is 0 Å². The number of rotatable bonds is 3. The molecule has 0 amide bonds. The number of hydrogen-bond acceptors (Lipinski definition) is 2. The average molecular weight is 318 g/mol. The van der Waals surface area contributed by atoms with Gasteiger partial charge in [0.15, 0.2) is 0 Å². The van der Waals surface area contributed by atoms with E-state index in [1.165, 1.54) is 12.1 Å². The Balaban J connectivity index is 2.43. The molecule has 0 fully saturated rings. The van der Waals surface area contributed by atoms with Crippen molar-refractivity contribution in [2.24, 2.45) is 0 Å². The molecule has 0 aliphatic heterocycles. The first-order valence-corrected chi connectivity index (χ1v) is 6.84. The highest BCUT2D eigenvalue weighted by Crippen LogP contribution is 2.34. The monoisotopic (exact) mass is 316 g/mol. The van der Waals surface area contributed by atoms with Gasteiger partial charge in [-0.3, -0.25) is 0 Å². The summed E-state index contributed by atoms with van der Waals surface area (Å²) in [5, 5.41) is 19.4. The molecule has 0 unspecified atom stereocenters. The number of aromatic hydroxyl groups is 2. The van der Waals surface area contributed by atoms with Crippen LogP contribution >= 0.6 is 34.8 Å².